The summed E-state index contributed by atoms with van der Waals surface area (Å²) in [6.07, 6.45) is 0.666. The lowest BCUT2D eigenvalue weighted by Crippen LogP contribution is -2.28. The van der Waals surface area contributed by atoms with Crippen LogP contribution in [-0.4, -0.2) is 36.9 Å². The first-order chi connectivity index (χ1) is 9.61. The summed E-state index contributed by atoms with van der Waals surface area (Å²) in [5.74, 6) is -1.34. The average Bonchev–Trinajstić information content (AvgIpc) is 2.77. The summed E-state index contributed by atoms with van der Waals surface area (Å²) in [7, 11) is 1.68. The summed E-state index contributed by atoms with van der Waals surface area (Å²) in [6.45, 7) is 0. The van der Waals surface area contributed by atoms with Crippen LogP contribution in [0.15, 0.2) is 29.4 Å². The topological polar surface area (TPSA) is 84.8 Å². The third kappa shape index (κ3) is 3.09. The third-order valence-corrected chi connectivity index (χ3v) is 2.92. The van der Waals surface area contributed by atoms with Gasteiger partial charge in [0.15, 0.2) is 11.6 Å². The van der Waals surface area contributed by atoms with Crippen molar-refractivity contribution in [3.63, 3.8) is 0 Å². The van der Waals surface area contributed by atoms with Crippen molar-refractivity contribution in [2.75, 3.05) is 7.05 Å². The first-order valence-electron chi connectivity index (χ1n) is 6.18. The molecule has 6 heteroatoms. The molecule has 1 saturated carbocycles. The maximum absolute atomic E-state index is 11.8. The van der Waals surface area contributed by atoms with Crippen LogP contribution in [0.3, 0.4) is 0 Å². The van der Waals surface area contributed by atoms with Gasteiger partial charge in [0.2, 0.25) is 6.10 Å². The number of carbonyl (C=O) groups is 3. The van der Waals surface area contributed by atoms with E-state index in [-0.39, 0.29) is 24.4 Å². The molecule has 0 aliphatic heterocycles. The average molecular weight is 274 g/mol. The fourth-order valence-electron chi connectivity index (χ4n) is 1.84. The van der Waals surface area contributed by atoms with Crippen LogP contribution >= 0.6 is 0 Å². The van der Waals surface area contributed by atoms with Gasteiger partial charge in [0, 0.05) is 19.9 Å². The Hall–Kier alpha value is -2.50. The lowest BCUT2D eigenvalue weighted by Gasteiger charge is -2.09. The zero-order valence-electron chi connectivity index (χ0n) is 11.0. The van der Waals surface area contributed by atoms with E-state index in [4.69, 9.17) is 4.74 Å². The quantitative estimate of drug-likeness (QED) is 0.378. The Morgan fingerprint density at radius 2 is 1.85 bits per heavy atom. The molecule has 2 rings (SSSR count). The minimum absolute atomic E-state index is 0.149. The first-order valence-corrected chi connectivity index (χ1v) is 6.18. The minimum atomic E-state index is -1.23. The van der Waals surface area contributed by atoms with Crippen molar-refractivity contribution < 1.29 is 19.1 Å². The van der Waals surface area contributed by atoms with Crippen molar-refractivity contribution in [2.24, 2.45) is 5.10 Å². The second-order valence-electron chi connectivity index (χ2n) is 4.32. The molecule has 0 radical (unpaired) electrons. The maximum atomic E-state index is 11.8. The molecule has 1 aromatic rings. The number of hydrogen-bond donors (Lipinski definition) is 1. The van der Waals surface area contributed by atoms with E-state index in [1.807, 2.05) is 0 Å². The van der Waals surface area contributed by atoms with Crippen molar-refractivity contribution in [3.8, 4) is 0 Å². The molecule has 0 atom stereocenters. The van der Waals surface area contributed by atoms with E-state index in [0.29, 0.717) is 5.56 Å². The Morgan fingerprint density at radius 3 is 2.40 bits per heavy atom. The van der Waals surface area contributed by atoms with E-state index < -0.39 is 12.1 Å². The Kier molecular flexibility index (Phi) is 4.24. The molecule has 0 spiro atoms. The second kappa shape index (κ2) is 6.10. The number of carbonyl (C=O) groups excluding carboxylic acids is 3. The van der Waals surface area contributed by atoms with Crippen LogP contribution in [0.4, 0.5) is 0 Å². The van der Waals surface area contributed by atoms with Gasteiger partial charge in [-0.05, 0) is 17.7 Å². The summed E-state index contributed by atoms with van der Waals surface area (Å²) in [4.78, 5) is 34.6. The van der Waals surface area contributed by atoms with Crippen LogP contribution < -0.4 is 5.43 Å². The Bertz CT molecular complexity index is 547. The molecule has 6 nitrogen and oxygen atoms in total. The predicted octanol–water partition coefficient (Wildman–Crippen LogP) is 0.697. The minimum Gasteiger partial charge on any atom is -0.443 e. The van der Waals surface area contributed by atoms with Gasteiger partial charge in [-0.2, -0.15) is 5.10 Å². The van der Waals surface area contributed by atoms with Gasteiger partial charge in [-0.15, -0.1) is 0 Å². The van der Waals surface area contributed by atoms with E-state index in [1.165, 1.54) is 0 Å². The number of rotatable bonds is 4. The number of hydrogen-bond acceptors (Lipinski definition) is 6. The number of nitrogens with zero attached hydrogens (tertiary/aromatic N) is 1. The summed E-state index contributed by atoms with van der Waals surface area (Å²) < 4.78 is 4.96. The predicted molar refractivity (Wildman–Crippen MR) is 71.5 cm³/mol. The molecule has 0 saturated heterocycles. The summed E-state index contributed by atoms with van der Waals surface area (Å²) >= 11 is 0. The van der Waals surface area contributed by atoms with Crippen LogP contribution in [0.25, 0.3) is 0 Å². The van der Waals surface area contributed by atoms with Crippen molar-refractivity contribution >= 4 is 23.8 Å². The summed E-state index contributed by atoms with van der Waals surface area (Å²) in [6, 6.07) is 6.50. The van der Waals surface area contributed by atoms with E-state index >= 15 is 0 Å². The molecule has 0 heterocycles. The SMILES string of the molecule is CN/N=C/c1ccc(C(=O)OC2C(=O)CCC2=O)cc1. The molecule has 1 aromatic carbocycles. The van der Waals surface area contributed by atoms with Crippen LogP contribution in [-0.2, 0) is 14.3 Å². The highest BCUT2D eigenvalue weighted by Crippen LogP contribution is 2.16. The smallest absolute Gasteiger partial charge is 0.339 e. The van der Waals surface area contributed by atoms with Gasteiger partial charge in [-0.3, -0.25) is 9.59 Å². The van der Waals surface area contributed by atoms with Gasteiger partial charge in [-0.1, -0.05) is 12.1 Å². The zero-order valence-corrected chi connectivity index (χ0v) is 11.0. The van der Waals surface area contributed by atoms with Crippen LogP contribution in [0.1, 0.15) is 28.8 Å². The van der Waals surface area contributed by atoms with Gasteiger partial charge in [0.1, 0.15) is 0 Å². The molecule has 1 aliphatic carbocycles. The standard InChI is InChI=1S/C14H14N2O4/c1-15-16-8-9-2-4-10(5-3-9)14(19)20-13-11(17)6-7-12(13)18/h2-5,8,13,15H,6-7H2,1H3/b16-8+. The zero-order chi connectivity index (χ0) is 14.5. The second-order valence-corrected chi connectivity index (χ2v) is 4.32. The Morgan fingerprint density at radius 1 is 1.25 bits per heavy atom. The number of nitrogens with one attached hydrogen (secondary N) is 1. The molecule has 1 fully saturated rings. The largest absolute Gasteiger partial charge is 0.443 e. The molecular formula is C14H14N2O4. The highest BCUT2D eigenvalue weighted by atomic mass is 16.6. The fraction of sp³-hybridized carbons (Fsp3) is 0.286. The number of ether oxygens (including phenoxy) is 1. The van der Waals surface area contributed by atoms with Gasteiger partial charge in [0.05, 0.1) is 11.8 Å². The number of Topliss-reactive ketones (excluding diaryl/α,β-unsaturated/α-hetero) is 2. The molecular weight excluding hydrogens is 260 g/mol. The molecule has 0 unspecified atom stereocenters. The number of benzene rings is 1. The summed E-state index contributed by atoms with van der Waals surface area (Å²) in [5.41, 5.74) is 3.71. The number of ketones is 2. The van der Waals surface area contributed by atoms with Crippen molar-refractivity contribution in [1.82, 2.24) is 5.43 Å². The Labute approximate surface area is 115 Å². The summed E-state index contributed by atoms with van der Waals surface area (Å²) in [5, 5.41) is 3.84. The maximum Gasteiger partial charge on any atom is 0.339 e. The van der Waals surface area contributed by atoms with Gasteiger partial charge >= 0.3 is 5.97 Å². The van der Waals surface area contributed by atoms with Crippen LogP contribution in [0, 0.1) is 0 Å². The van der Waals surface area contributed by atoms with Gasteiger partial charge in [0.25, 0.3) is 0 Å². The molecule has 20 heavy (non-hydrogen) atoms. The lowest BCUT2D eigenvalue weighted by molar-refractivity contribution is -0.133. The molecule has 0 amide bonds. The third-order valence-electron chi connectivity index (χ3n) is 2.92. The molecule has 0 aromatic heterocycles. The van der Waals surface area contributed by atoms with E-state index in [0.717, 1.165) is 5.56 Å². The fourth-order valence-corrected chi connectivity index (χ4v) is 1.84. The first kappa shape index (κ1) is 13.9. The van der Waals surface area contributed by atoms with Crippen LogP contribution in [0.2, 0.25) is 0 Å². The molecule has 104 valence electrons. The van der Waals surface area contributed by atoms with E-state index in [1.54, 1.807) is 37.5 Å². The number of esters is 1. The van der Waals surface area contributed by atoms with Crippen LogP contribution in [0.5, 0.6) is 0 Å². The molecule has 1 N–H and O–H groups in total. The lowest BCUT2D eigenvalue weighted by atomic mass is 10.1. The highest BCUT2D eigenvalue weighted by molar-refractivity contribution is 6.13. The van der Waals surface area contributed by atoms with Crippen molar-refractivity contribution in [2.45, 2.75) is 18.9 Å². The van der Waals surface area contributed by atoms with E-state index in [9.17, 15) is 14.4 Å². The van der Waals surface area contributed by atoms with E-state index in [2.05, 4.69) is 10.5 Å². The Balaban J connectivity index is 2.04. The van der Waals surface area contributed by atoms with Crippen molar-refractivity contribution in [3.05, 3.63) is 35.4 Å². The molecule has 0 bridgehead atoms. The van der Waals surface area contributed by atoms with Gasteiger partial charge in [-0.25, -0.2) is 4.79 Å². The van der Waals surface area contributed by atoms with Crippen molar-refractivity contribution in [1.29, 1.82) is 0 Å². The monoisotopic (exact) mass is 274 g/mol. The highest BCUT2D eigenvalue weighted by Gasteiger charge is 2.36. The van der Waals surface area contributed by atoms with Gasteiger partial charge < -0.3 is 10.2 Å². The molecule has 1 aliphatic rings. The number of hydrazone groups is 1. The normalized spacial score (nSPS) is 15.8.